The summed E-state index contributed by atoms with van der Waals surface area (Å²) >= 11 is 0. The number of hydrogen-bond acceptors (Lipinski definition) is 4. The molecule has 0 fully saturated rings. The fourth-order valence-corrected chi connectivity index (χ4v) is 3.58. The Labute approximate surface area is 158 Å². The molecule has 1 aliphatic rings. The Morgan fingerprint density at radius 2 is 2.15 bits per heavy atom. The van der Waals surface area contributed by atoms with Gasteiger partial charge in [0.25, 0.3) is 0 Å². The van der Waals surface area contributed by atoms with Crippen molar-refractivity contribution in [3.05, 3.63) is 53.9 Å². The highest BCUT2D eigenvalue weighted by molar-refractivity contribution is 5.80. The minimum atomic E-state index is -0.190. The second-order valence-corrected chi connectivity index (χ2v) is 6.78. The van der Waals surface area contributed by atoms with Gasteiger partial charge in [0.05, 0.1) is 24.1 Å². The maximum atomic E-state index is 12.6. The lowest BCUT2D eigenvalue weighted by Gasteiger charge is -2.25. The summed E-state index contributed by atoms with van der Waals surface area (Å²) in [4.78, 5) is 17.2. The number of nitrogens with one attached hydrogen (secondary N) is 1. The van der Waals surface area contributed by atoms with Crippen molar-refractivity contribution in [2.75, 3.05) is 20.3 Å². The van der Waals surface area contributed by atoms with Crippen LogP contribution in [0.1, 0.15) is 11.4 Å². The predicted molar refractivity (Wildman–Crippen MR) is 103 cm³/mol. The van der Waals surface area contributed by atoms with Crippen LogP contribution in [0.25, 0.3) is 11.0 Å². The van der Waals surface area contributed by atoms with Gasteiger partial charge in [0.2, 0.25) is 5.91 Å². The number of fused-ring (bicyclic) bond motifs is 2. The smallest absolute Gasteiger partial charge is 0.226 e. The number of amides is 1. The molecule has 3 aromatic rings. The standard InChI is InChI=1S/C21H23N3O3/c1-24-17-8-4-3-7-16(17)23-19(24)10-11-22-21(25)15-12-14-6-5-9-18(26-2)20(14)27-13-15/h3-9,15H,10-13H2,1-2H3,(H,22,25)/t15-/m1/s1. The van der Waals surface area contributed by atoms with Crippen LogP contribution in [0.3, 0.4) is 0 Å². The lowest BCUT2D eigenvalue weighted by Crippen LogP contribution is -2.38. The van der Waals surface area contributed by atoms with Crippen LogP contribution in [0.5, 0.6) is 11.5 Å². The average molecular weight is 365 g/mol. The molecular weight excluding hydrogens is 342 g/mol. The predicted octanol–water partition coefficient (Wildman–Crippen LogP) is 2.49. The van der Waals surface area contributed by atoms with E-state index in [4.69, 9.17) is 9.47 Å². The number of aromatic nitrogens is 2. The van der Waals surface area contributed by atoms with E-state index >= 15 is 0 Å². The molecule has 0 saturated carbocycles. The maximum absolute atomic E-state index is 12.6. The Kier molecular flexibility index (Phi) is 4.71. The number of carbonyl (C=O) groups is 1. The molecule has 1 atom stereocenters. The zero-order valence-corrected chi connectivity index (χ0v) is 15.6. The molecule has 0 aliphatic carbocycles. The summed E-state index contributed by atoms with van der Waals surface area (Å²) in [5.74, 6) is 2.26. The van der Waals surface area contributed by atoms with Gasteiger partial charge in [-0.2, -0.15) is 0 Å². The van der Waals surface area contributed by atoms with Crippen molar-refractivity contribution < 1.29 is 14.3 Å². The van der Waals surface area contributed by atoms with Gasteiger partial charge in [-0.15, -0.1) is 0 Å². The molecule has 4 rings (SSSR count). The van der Waals surface area contributed by atoms with Gasteiger partial charge in [-0.1, -0.05) is 24.3 Å². The number of carbonyl (C=O) groups excluding carboxylic acids is 1. The Bertz CT molecular complexity index is 980. The summed E-state index contributed by atoms with van der Waals surface area (Å²) in [6, 6.07) is 13.8. The van der Waals surface area contributed by atoms with E-state index in [-0.39, 0.29) is 11.8 Å². The number of hydrogen-bond donors (Lipinski definition) is 1. The summed E-state index contributed by atoms with van der Waals surface area (Å²) in [6.45, 7) is 0.920. The molecule has 0 saturated heterocycles. The van der Waals surface area contributed by atoms with Crippen LogP contribution < -0.4 is 14.8 Å². The van der Waals surface area contributed by atoms with E-state index in [0.29, 0.717) is 31.7 Å². The first-order chi connectivity index (χ1) is 13.2. The topological polar surface area (TPSA) is 65.4 Å². The SMILES string of the molecule is COc1cccc2c1OC[C@H](C(=O)NCCc1nc3ccccc3n1C)C2. The molecule has 1 aromatic heterocycles. The summed E-state index contributed by atoms with van der Waals surface area (Å²) in [5.41, 5.74) is 3.09. The third-order valence-corrected chi connectivity index (χ3v) is 5.07. The first-order valence-corrected chi connectivity index (χ1v) is 9.14. The van der Waals surface area contributed by atoms with Crippen molar-refractivity contribution >= 4 is 16.9 Å². The van der Waals surface area contributed by atoms with Crippen molar-refractivity contribution in [1.82, 2.24) is 14.9 Å². The quantitative estimate of drug-likeness (QED) is 0.754. The van der Waals surface area contributed by atoms with Gasteiger partial charge in [-0.3, -0.25) is 4.79 Å². The van der Waals surface area contributed by atoms with E-state index in [1.54, 1.807) is 7.11 Å². The van der Waals surface area contributed by atoms with E-state index in [2.05, 4.69) is 20.9 Å². The molecule has 0 radical (unpaired) electrons. The van der Waals surface area contributed by atoms with Crippen molar-refractivity contribution in [1.29, 1.82) is 0 Å². The number of imidazole rings is 1. The van der Waals surface area contributed by atoms with Gasteiger partial charge in [-0.25, -0.2) is 4.98 Å². The van der Waals surface area contributed by atoms with Gasteiger partial charge < -0.3 is 19.4 Å². The van der Waals surface area contributed by atoms with E-state index < -0.39 is 0 Å². The van der Waals surface area contributed by atoms with Crippen molar-refractivity contribution in [3.8, 4) is 11.5 Å². The Hall–Kier alpha value is -3.02. The molecule has 2 aromatic carbocycles. The van der Waals surface area contributed by atoms with Crippen molar-refractivity contribution in [2.24, 2.45) is 13.0 Å². The molecule has 6 heteroatoms. The molecule has 6 nitrogen and oxygen atoms in total. The first-order valence-electron chi connectivity index (χ1n) is 9.14. The number of ether oxygens (including phenoxy) is 2. The van der Waals surface area contributed by atoms with Gasteiger partial charge in [0.1, 0.15) is 12.4 Å². The van der Waals surface area contributed by atoms with Crippen LogP contribution >= 0.6 is 0 Å². The first kappa shape index (κ1) is 17.4. The largest absolute Gasteiger partial charge is 0.493 e. The lowest BCUT2D eigenvalue weighted by molar-refractivity contribution is -0.126. The number of para-hydroxylation sites is 3. The fraction of sp³-hybridized carbons (Fsp3) is 0.333. The van der Waals surface area contributed by atoms with Crippen LogP contribution in [0.2, 0.25) is 0 Å². The van der Waals surface area contributed by atoms with Crippen LogP contribution in [-0.4, -0.2) is 35.7 Å². The molecule has 0 spiro atoms. The molecule has 1 aliphatic heterocycles. The Balaban J connectivity index is 1.36. The summed E-state index contributed by atoms with van der Waals surface area (Å²) in [5, 5.41) is 3.03. The number of benzene rings is 2. The van der Waals surface area contributed by atoms with Gasteiger partial charge >= 0.3 is 0 Å². The summed E-state index contributed by atoms with van der Waals surface area (Å²) in [6.07, 6.45) is 1.35. The molecule has 1 amide bonds. The number of rotatable bonds is 5. The zero-order valence-electron chi connectivity index (χ0n) is 15.6. The highest BCUT2D eigenvalue weighted by Gasteiger charge is 2.27. The molecular formula is C21H23N3O3. The molecule has 2 heterocycles. The monoisotopic (exact) mass is 365 g/mol. The summed E-state index contributed by atoms with van der Waals surface area (Å²) < 4.78 is 13.2. The minimum absolute atomic E-state index is 0.0160. The normalized spacial score (nSPS) is 15.9. The van der Waals surface area contributed by atoms with Crippen LogP contribution in [0.4, 0.5) is 0 Å². The fourth-order valence-electron chi connectivity index (χ4n) is 3.58. The summed E-state index contributed by atoms with van der Waals surface area (Å²) in [7, 11) is 3.63. The van der Waals surface area contributed by atoms with E-state index in [0.717, 1.165) is 28.2 Å². The maximum Gasteiger partial charge on any atom is 0.226 e. The highest BCUT2D eigenvalue weighted by atomic mass is 16.5. The van der Waals surface area contributed by atoms with E-state index in [9.17, 15) is 4.79 Å². The third-order valence-electron chi connectivity index (χ3n) is 5.07. The minimum Gasteiger partial charge on any atom is -0.493 e. The number of methoxy groups -OCH3 is 1. The van der Waals surface area contributed by atoms with E-state index in [1.807, 2.05) is 43.4 Å². The second-order valence-electron chi connectivity index (χ2n) is 6.78. The zero-order chi connectivity index (χ0) is 18.8. The van der Waals surface area contributed by atoms with Gasteiger partial charge in [-0.05, 0) is 30.2 Å². The number of nitrogens with zero attached hydrogens (tertiary/aromatic N) is 2. The van der Waals surface area contributed by atoms with E-state index in [1.165, 1.54) is 0 Å². The molecule has 0 unspecified atom stereocenters. The Morgan fingerprint density at radius 3 is 2.96 bits per heavy atom. The van der Waals surface area contributed by atoms with Gasteiger partial charge in [0, 0.05) is 20.0 Å². The Morgan fingerprint density at radius 1 is 1.30 bits per heavy atom. The van der Waals surface area contributed by atoms with Gasteiger partial charge in [0.15, 0.2) is 11.5 Å². The lowest BCUT2D eigenvalue weighted by atomic mass is 9.95. The molecule has 0 bridgehead atoms. The highest BCUT2D eigenvalue weighted by Crippen LogP contribution is 2.36. The van der Waals surface area contributed by atoms with Crippen molar-refractivity contribution in [3.63, 3.8) is 0 Å². The second kappa shape index (κ2) is 7.31. The number of aryl methyl sites for hydroxylation is 1. The van der Waals surface area contributed by atoms with Crippen molar-refractivity contribution in [2.45, 2.75) is 12.8 Å². The van der Waals surface area contributed by atoms with Crippen LogP contribution in [0.15, 0.2) is 42.5 Å². The van der Waals surface area contributed by atoms with Crippen LogP contribution in [0, 0.1) is 5.92 Å². The average Bonchev–Trinajstić information content (AvgIpc) is 3.03. The molecule has 1 N–H and O–H groups in total. The van der Waals surface area contributed by atoms with Crippen LogP contribution in [-0.2, 0) is 24.7 Å². The third kappa shape index (κ3) is 3.35. The molecule has 140 valence electrons. The molecule has 27 heavy (non-hydrogen) atoms.